The summed E-state index contributed by atoms with van der Waals surface area (Å²) in [7, 11) is 1.60. The Morgan fingerprint density at radius 1 is 1.71 bits per heavy atom. The predicted molar refractivity (Wildman–Crippen MR) is 66.3 cm³/mol. The van der Waals surface area contributed by atoms with Crippen LogP contribution in [-0.4, -0.2) is 35.8 Å². The summed E-state index contributed by atoms with van der Waals surface area (Å²) in [5, 5.41) is 4.45. The maximum absolute atomic E-state index is 12.2. The van der Waals surface area contributed by atoms with Crippen LogP contribution in [0.1, 0.15) is 23.8 Å². The number of Topliss-reactive ketones (excluding diaryl/α,β-unsaturated/α-hetero) is 1. The molecule has 0 saturated carbocycles. The Balaban J connectivity index is 2.87. The van der Waals surface area contributed by atoms with Gasteiger partial charge in [0.1, 0.15) is 5.69 Å². The van der Waals surface area contributed by atoms with Crippen molar-refractivity contribution in [2.45, 2.75) is 19.9 Å². The molecule has 17 heavy (non-hydrogen) atoms. The number of hydrogen-bond donors (Lipinski definition) is 1. The zero-order valence-electron chi connectivity index (χ0n) is 10.1. The van der Waals surface area contributed by atoms with E-state index in [9.17, 15) is 4.79 Å². The van der Waals surface area contributed by atoms with Gasteiger partial charge in [-0.25, -0.2) is 0 Å². The Bertz CT molecular complexity index is 379. The summed E-state index contributed by atoms with van der Waals surface area (Å²) in [6.07, 6.45) is 2.13. The molecule has 2 N–H and O–H groups in total. The maximum Gasteiger partial charge on any atom is 0.185 e. The number of ketones is 1. The van der Waals surface area contributed by atoms with Gasteiger partial charge >= 0.3 is 0 Å². The minimum Gasteiger partial charge on any atom is -0.383 e. The second-order valence-corrected chi connectivity index (χ2v) is 4.31. The van der Waals surface area contributed by atoms with Crippen molar-refractivity contribution in [2.24, 2.45) is 11.7 Å². The molecule has 5 nitrogen and oxygen atoms in total. The molecule has 1 unspecified atom stereocenters. The van der Waals surface area contributed by atoms with Crippen molar-refractivity contribution in [1.29, 1.82) is 0 Å². The van der Waals surface area contributed by atoms with E-state index in [1.807, 2.05) is 6.92 Å². The molecule has 1 heterocycles. The summed E-state index contributed by atoms with van der Waals surface area (Å²) < 4.78 is 6.55. The number of carbonyl (C=O) groups is 1. The molecule has 6 heteroatoms. The molecule has 1 atom stereocenters. The first-order valence-corrected chi connectivity index (χ1v) is 5.94. The Kier molecular flexibility index (Phi) is 5.61. The van der Waals surface area contributed by atoms with Gasteiger partial charge in [-0.2, -0.15) is 5.10 Å². The molecule has 0 aromatic carbocycles. The Hall–Kier alpha value is -0.910. The first-order valence-electron chi connectivity index (χ1n) is 5.56. The normalized spacial score (nSPS) is 12.7. The fraction of sp³-hybridized carbons (Fsp3) is 0.636. The highest BCUT2D eigenvalue weighted by molar-refractivity contribution is 6.33. The molecule has 0 aliphatic rings. The van der Waals surface area contributed by atoms with Crippen LogP contribution in [0, 0.1) is 5.92 Å². The van der Waals surface area contributed by atoms with E-state index in [0.29, 0.717) is 36.8 Å². The molecule has 1 rings (SSSR count). The second kappa shape index (κ2) is 6.74. The van der Waals surface area contributed by atoms with Crippen LogP contribution in [0.5, 0.6) is 0 Å². The van der Waals surface area contributed by atoms with E-state index in [1.54, 1.807) is 11.8 Å². The molecule has 0 fully saturated rings. The van der Waals surface area contributed by atoms with Gasteiger partial charge in [-0.15, -0.1) is 0 Å². The molecular formula is C11H18ClN3O2. The highest BCUT2D eigenvalue weighted by Crippen LogP contribution is 2.20. The number of nitrogens with zero attached hydrogens (tertiary/aromatic N) is 2. The summed E-state index contributed by atoms with van der Waals surface area (Å²) in [4.78, 5) is 12.2. The van der Waals surface area contributed by atoms with Crippen LogP contribution in [0.2, 0.25) is 5.02 Å². The zero-order chi connectivity index (χ0) is 12.8. The monoisotopic (exact) mass is 259 g/mol. The first-order chi connectivity index (χ1) is 8.11. The third-order valence-corrected chi connectivity index (χ3v) is 2.86. The van der Waals surface area contributed by atoms with Crippen LogP contribution in [0.25, 0.3) is 0 Å². The van der Waals surface area contributed by atoms with Crippen molar-refractivity contribution in [3.63, 3.8) is 0 Å². The van der Waals surface area contributed by atoms with E-state index >= 15 is 0 Å². The number of nitrogens with two attached hydrogens (primary N) is 1. The second-order valence-electron chi connectivity index (χ2n) is 3.90. The summed E-state index contributed by atoms with van der Waals surface area (Å²) in [5.41, 5.74) is 5.90. The quantitative estimate of drug-likeness (QED) is 0.751. The van der Waals surface area contributed by atoms with E-state index < -0.39 is 0 Å². The standard InChI is InChI=1S/C11H18ClN3O2/c1-8(3-4-13)11(16)10-9(12)7-14-15(10)5-6-17-2/h7-8H,3-6,13H2,1-2H3. The highest BCUT2D eigenvalue weighted by atomic mass is 35.5. The maximum atomic E-state index is 12.2. The molecule has 0 aliphatic carbocycles. The van der Waals surface area contributed by atoms with E-state index in [-0.39, 0.29) is 11.7 Å². The summed E-state index contributed by atoms with van der Waals surface area (Å²) in [6.45, 7) is 3.33. The number of aromatic nitrogens is 2. The Morgan fingerprint density at radius 2 is 2.41 bits per heavy atom. The molecule has 0 spiro atoms. The van der Waals surface area contributed by atoms with Gasteiger partial charge in [-0.3, -0.25) is 9.48 Å². The van der Waals surface area contributed by atoms with Gasteiger partial charge in [-0.05, 0) is 13.0 Å². The van der Waals surface area contributed by atoms with Crippen molar-refractivity contribution >= 4 is 17.4 Å². The van der Waals surface area contributed by atoms with Crippen LogP contribution in [0.4, 0.5) is 0 Å². The van der Waals surface area contributed by atoms with Crippen LogP contribution in [0.3, 0.4) is 0 Å². The van der Waals surface area contributed by atoms with Crippen molar-refractivity contribution in [3.05, 3.63) is 16.9 Å². The summed E-state index contributed by atoms with van der Waals surface area (Å²) >= 11 is 5.99. The first kappa shape index (κ1) is 14.2. The van der Waals surface area contributed by atoms with Crippen molar-refractivity contribution in [2.75, 3.05) is 20.3 Å². The van der Waals surface area contributed by atoms with Crippen molar-refractivity contribution in [1.82, 2.24) is 9.78 Å². The minimum atomic E-state index is -0.143. The van der Waals surface area contributed by atoms with Gasteiger partial charge in [0, 0.05) is 13.0 Å². The fourth-order valence-corrected chi connectivity index (χ4v) is 1.80. The number of carbonyl (C=O) groups excluding carboxylic acids is 1. The predicted octanol–water partition coefficient (Wildman–Crippen LogP) is 1.35. The van der Waals surface area contributed by atoms with Gasteiger partial charge < -0.3 is 10.5 Å². The van der Waals surface area contributed by atoms with E-state index in [4.69, 9.17) is 22.1 Å². The van der Waals surface area contributed by atoms with Crippen LogP contribution >= 0.6 is 11.6 Å². The molecule has 0 amide bonds. The van der Waals surface area contributed by atoms with Gasteiger partial charge in [0.15, 0.2) is 5.78 Å². The molecule has 96 valence electrons. The number of ether oxygens (including phenoxy) is 1. The number of methoxy groups -OCH3 is 1. The summed E-state index contributed by atoms with van der Waals surface area (Å²) in [5.74, 6) is -0.162. The summed E-state index contributed by atoms with van der Waals surface area (Å²) in [6, 6.07) is 0. The molecule has 0 bridgehead atoms. The smallest absolute Gasteiger partial charge is 0.185 e. The van der Waals surface area contributed by atoms with Crippen LogP contribution < -0.4 is 5.73 Å². The molecule has 0 saturated heterocycles. The van der Waals surface area contributed by atoms with Gasteiger partial charge in [0.2, 0.25) is 0 Å². The van der Waals surface area contributed by atoms with Crippen LogP contribution in [-0.2, 0) is 11.3 Å². The highest BCUT2D eigenvalue weighted by Gasteiger charge is 2.22. The van der Waals surface area contributed by atoms with Crippen LogP contribution in [0.15, 0.2) is 6.20 Å². The molecule has 0 radical (unpaired) electrons. The molecule has 0 aliphatic heterocycles. The minimum absolute atomic E-state index is 0.0194. The van der Waals surface area contributed by atoms with Gasteiger partial charge in [-0.1, -0.05) is 18.5 Å². The number of rotatable bonds is 7. The molecular weight excluding hydrogens is 242 g/mol. The van der Waals surface area contributed by atoms with E-state index in [0.717, 1.165) is 0 Å². The van der Waals surface area contributed by atoms with Crippen molar-refractivity contribution < 1.29 is 9.53 Å². The molecule has 1 aromatic heterocycles. The molecule has 1 aromatic rings. The Labute approximate surface area is 106 Å². The zero-order valence-corrected chi connectivity index (χ0v) is 10.9. The topological polar surface area (TPSA) is 70.1 Å². The van der Waals surface area contributed by atoms with Gasteiger partial charge in [0.25, 0.3) is 0 Å². The fourth-order valence-electron chi connectivity index (χ4n) is 1.57. The lowest BCUT2D eigenvalue weighted by Crippen LogP contribution is -2.21. The van der Waals surface area contributed by atoms with E-state index in [2.05, 4.69) is 5.10 Å². The SMILES string of the molecule is COCCn1ncc(Cl)c1C(=O)C(C)CCN. The lowest BCUT2D eigenvalue weighted by molar-refractivity contribution is 0.0911. The van der Waals surface area contributed by atoms with Crippen molar-refractivity contribution in [3.8, 4) is 0 Å². The third kappa shape index (κ3) is 3.52. The lowest BCUT2D eigenvalue weighted by Gasteiger charge is -2.11. The average molecular weight is 260 g/mol. The number of halogens is 1. The largest absolute Gasteiger partial charge is 0.383 e. The lowest BCUT2D eigenvalue weighted by atomic mass is 10.0. The van der Waals surface area contributed by atoms with E-state index in [1.165, 1.54) is 6.20 Å². The third-order valence-electron chi connectivity index (χ3n) is 2.58. The number of hydrogen-bond acceptors (Lipinski definition) is 4. The van der Waals surface area contributed by atoms with Gasteiger partial charge in [0.05, 0.1) is 24.4 Å². The average Bonchev–Trinajstić information content (AvgIpc) is 2.67. The Morgan fingerprint density at radius 3 is 3.00 bits per heavy atom.